The van der Waals surface area contributed by atoms with E-state index >= 15 is 0 Å². The zero-order chi connectivity index (χ0) is 14.1. The molecule has 1 N–H and O–H groups in total. The first-order valence-electron chi connectivity index (χ1n) is 6.29. The Bertz CT molecular complexity index is 440. The third-order valence-corrected chi connectivity index (χ3v) is 2.46. The van der Waals surface area contributed by atoms with Crippen LogP contribution in [0.4, 0.5) is 5.69 Å². The number of amides is 1. The van der Waals surface area contributed by atoms with Crippen molar-refractivity contribution in [2.45, 2.75) is 32.6 Å². The first-order valence-corrected chi connectivity index (χ1v) is 6.29. The molecule has 4 nitrogen and oxygen atoms in total. The van der Waals surface area contributed by atoms with Crippen molar-refractivity contribution in [3.8, 4) is 0 Å². The molecular weight excluding hydrogens is 242 g/mol. The second-order valence-electron chi connectivity index (χ2n) is 4.25. The lowest BCUT2D eigenvalue weighted by atomic mass is 10.1. The summed E-state index contributed by atoms with van der Waals surface area (Å²) in [4.78, 5) is 22.3. The maximum Gasteiger partial charge on any atom is 0.307 e. The highest BCUT2D eigenvalue weighted by molar-refractivity contribution is 5.90. The van der Waals surface area contributed by atoms with Crippen molar-refractivity contribution >= 4 is 17.6 Å². The van der Waals surface area contributed by atoms with Crippen molar-refractivity contribution in [2.24, 2.45) is 0 Å². The van der Waals surface area contributed by atoms with Gasteiger partial charge in [-0.3, -0.25) is 9.59 Å². The molecule has 19 heavy (non-hydrogen) atoms. The van der Waals surface area contributed by atoms with Gasteiger partial charge in [-0.1, -0.05) is 24.8 Å². The van der Waals surface area contributed by atoms with E-state index in [2.05, 4.69) is 11.9 Å². The molecule has 0 aliphatic carbocycles. The number of hydrogen-bond acceptors (Lipinski definition) is 3. The minimum Gasteiger partial charge on any atom is -0.432 e. The Balaban J connectivity index is 2.14. The van der Waals surface area contributed by atoms with Crippen molar-refractivity contribution in [1.82, 2.24) is 0 Å². The summed E-state index contributed by atoms with van der Waals surface area (Å²) in [7, 11) is 0. The molecule has 0 atom stereocenters. The normalized spacial score (nSPS) is 9.74. The molecule has 0 radical (unpaired) electrons. The van der Waals surface area contributed by atoms with Gasteiger partial charge >= 0.3 is 5.97 Å². The quantitative estimate of drug-likeness (QED) is 0.465. The number of benzene rings is 1. The standard InChI is InChI=1S/C15H19NO3/c1-12(19-13(2)17)8-6-7-11-15(18)16-14-9-4-3-5-10-14/h3-5,9-10H,1,6-8,11H2,2H3,(H,16,18). The Morgan fingerprint density at radius 2 is 1.79 bits per heavy atom. The summed E-state index contributed by atoms with van der Waals surface area (Å²) in [5, 5.41) is 2.82. The Hall–Kier alpha value is -2.10. The third-order valence-electron chi connectivity index (χ3n) is 2.46. The van der Waals surface area contributed by atoms with Gasteiger partial charge in [0.25, 0.3) is 0 Å². The molecule has 1 amide bonds. The highest BCUT2D eigenvalue weighted by Crippen LogP contribution is 2.10. The molecule has 4 heteroatoms. The van der Waals surface area contributed by atoms with Gasteiger partial charge < -0.3 is 10.1 Å². The van der Waals surface area contributed by atoms with Crippen molar-refractivity contribution in [2.75, 3.05) is 5.32 Å². The number of nitrogens with one attached hydrogen (secondary N) is 1. The van der Waals surface area contributed by atoms with E-state index in [-0.39, 0.29) is 11.9 Å². The fraction of sp³-hybridized carbons (Fsp3) is 0.333. The number of anilines is 1. The molecule has 0 saturated carbocycles. The van der Waals surface area contributed by atoms with E-state index in [0.717, 1.165) is 18.5 Å². The summed E-state index contributed by atoms with van der Waals surface area (Å²) in [6.07, 6.45) is 2.55. The average molecular weight is 261 g/mol. The number of carbonyl (C=O) groups is 2. The lowest BCUT2D eigenvalue weighted by Crippen LogP contribution is -2.10. The first kappa shape index (κ1) is 15.0. The Morgan fingerprint density at radius 1 is 1.16 bits per heavy atom. The summed E-state index contributed by atoms with van der Waals surface area (Å²) in [6.45, 7) is 4.98. The van der Waals surface area contributed by atoms with E-state index in [4.69, 9.17) is 4.74 Å². The lowest BCUT2D eigenvalue weighted by molar-refractivity contribution is -0.137. The van der Waals surface area contributed by atoms with Gasteiger partial charge in [0.1, 0.15) is 5.76 Å². The van der Waals surface area contributed by atoms with E-state index in [1.807, 2.05) is 30.3 Å². The van der Waals surface area contributed by atoms with Crippen LogP contribution < -0.4 is 5.32 Å². The SMILES string of the molecule is C=C(CCCCC(=O)Nc1ccccc1)OC(C)=O. The van der Waals surface area contributed by atoms with E-state index in [0.29, 0.717) is 18.6 Å². The molecule has 0 fully saturated rings. The Kier molecular flexibility index (Phi) is 6.36. The predicted molar refractivity (Wildman–Crippen MR) is 74.4 cm³/mol. The maximum absolute atomic E-state index is 11.6. The van der Waals surface area contributed by atoms with Crippen LogP contribution in [0.1, 0.15) is 32.6 Å². The smallest absolute Gasteiger partial charge is 0.307 e. The second kappa shape index (κ2) is 8.08. The molecule has 0 bridgehead atoms. The zero-order valence-corrected chi connectivity index (χ0v) is 11.1. The number of allylic oxidation sites excluding steroid dienone is 1. The summed E-state index contributed by atoms with van der Waals surface area (Å²) < 4.78 is 4.82. The van der Waals surface area contributed by atoms with Crippen LogP contribution in [-0.4, -0.2) is 11.9 Å². The molecular formula is C15H19NO3. The highest BCUT2D eigenvalue weighted by Gasteiger charge is 2.03. The number of carbonyl (C=O) groups excluding carboxylic acids is 2. The summed E-state index contributed by atoms with van der Waals surface area (Å²) in [6, 6.07) is 9.34. The monoisotopic (exact) mass is 261 g/mol. The summed E-state index contributed by atoms with van der Waals surface area (Å²) in [5.41, 5.74) is 0.803. The molecule has 0 aliphatic rings. The second-order valence-corrected chi connectivity index (χ2v) is 4.25. The number of para-hydroxylation sites is 1. The number of unbranched alkanes of at least 4 members (excludes halogenated alkanes) is 1. The summed E-state index contributed by atoms with van der Waals surface area (Å²) >= 11 is 0. The first-order chi connectivity index (χ1) is 9.08. The van der Waals surface area contributed by atoms with E-state index in [1.54, 1.807) is 0 Å². The number of rotatable bonds is 7. The van der Waals surface area contributed by atoms with Gasteiger partial charge in [0.2, 0.25) is 5.91 Å². The average Bonchev–Trinajstić information content (AvgIpc) is 2.35. The van der Waals surface area contributed by atoms with E-state index in [9.17, 15) is 9.59 Å². The van der Waals surface area contributed by atoms with Crippen molar-refractivity contribution < 1.29 is 14.3 Å². The van der Waals surface area contributed by atoms with Crippen LogP contribution in [0.5, 0.6) is 0 Å². The minimum absolute atomic E-state index is 0.00991. The zero-order valence-electron chi connectivity index (χ0n) is 11.1. The van der Waals surface area contributed by atoms with Crippen LogP contribution in [0.25, 0.3) is 0 Å². The molecule has 0 heterocycles. The molecule has 0 spiro atoms. The van der Waals surface area contributed by atoms with Crippen LogP contribution in [0, 0.1) is 0 Å². The van der Waals surface area contributed by atoms with Crippen molar-refractivity contribution in [3.05, 3.63) is 42.7 Å². The van der Waals surface area contributed by atoms with Crippen molar-refractivity contribution in [3.63, 3.8) is 0 Å². The van der Waals surface area contributed by atoms with E-state index in [1.165, 1.54) is 6.92 Å². The number of hydrogen-bond donors (Lipinski definition) is 1. The Labute approximate surface area is 113 Å². The fourth-order valence-corrected chi connectivity index (χ4v) is 1.61. The molecule has 1 aromatic rings. The number of esters is 1. The largest absolute Gasteiger partial charge is 0.432 e. The number of ether oxygens (including phenoxy) is 1. The van der Waals surface area contributed by atoms with Gasteiger partial charge in [0.15, 0.2) is 0 Å². The minimum atomic E-state index is -0.355. The van der Waals surface area contributed by atoms with Crippen molar-refractivity contribution in [1.29, 1.82) is 0 Å². The molecule has 1 aromatic carbocycles. The highest BCUT2D eigenvalue weighted by atomic mass is 16.5. The molecule has 0 unspecified atom stereocenters. The van der Waals surface area contributed by atoms with E-state index < -0.39 is 0 Å². The van der Waals surface area contributed by atoms with Gasteiger partial charge in [-0.15, -0.1) is 0 Å². The summed E-state index contributed by atoms with van der Waals surface area (Å²) in [5.74, 6) is 0.0899. The van der Waals surface area contributed by atoms with Gasteiger partial charge in [0.05, 0.1) is 0 Å². The Morgan fingerprint density at radius 3 is 2.42 bits per heavy atom. The van der Waals surface area contributed by atoms with Gasteiger partial charge in [-0.25, -0.2) is 0 Å². The maximum atomic E-state index is 11.6. The van der Waals surface area contributed by atoms with Gasteiger partial charge in [-0.05, 0) is 25.0 Å². The molecule has 0 aliphatic heterocycles. The predicted octanol–water partition coefficient (Wildman–Crippen LogP) is 3.26. The van der Waals surface area contributed by atoms with Crippen LogP contribution >= 0.6 is 0 Å². The third kappa shape index (κ3) is 7.03. The van der Waals surface area contributed by atoms with Crippen LogP contribution in [0.15, 0.2) is 42.7 Å². The molecule has 0 aromatic heterocycles. The van der Waals surface area contributed by atoms with Crippen LogP contribution in [-0.2, 0) is 14.3 Å². The van der Waals surface area contributed by atoms with Crippen LogP contribution in [0.2, 0.25) is 0 Å². The molecule has 102 valence electrons. The fourth-order valence-electron chi connectivity index (χ4n) is 1.61. The molecule has 0 saturated heterocycles. The molecule has 1 rings (SSSR count). The van der Waals surface area contributed by atoms with Gasteiger partial charge in [-0.2, -0.15) is 0 Å². The topological polar surface area (TPSA) is 55.4 Å². The lowest BCUT2D eigenvalue weighted by Gasteiger charge is -2.06. The van der Waals surface area contributed by atoms with Gasteiger partial charge in [0, 0.05) is 25.5 Å². The van der Waals surface area contributed by atoms with Crippen LogP contribution in [0.3, 0.4) is 0 Å².